The van der Waals surface area contributed by atoms with Crippen molar-refractivity contribution in [1.29, 1.82) is 0 Å². The van der Waals surface area contributed by atoms with E-state index in [1.54, 1.807) is 12.5 Å². The molecule has 3 atom stereocenters. The fraction of sp³-hybridized carbons (Fsp3) is 0.417. The Morgan fingerprint density at radius 1 is 1.53 bits per heavy atom. The molecule has 0 bridgehead atoms. The largest absolute Gasteiger partial charge is 0.394 e. The standard InChI is InChI=1S/C12H12N4O3/c17-5-8-6-18-12(19-8,9-3-1-2-4-13-9)10-11-15-14-7-16(10)11/h1-4,7-8,10,17H,5-6H2/p+1/t8-,10?,12-,16?/m0/s1. The van der Waals surface area contributed by atoms with Gasteiger partial charge in [0.15, 0.2) is 0 Å². The monoisotopic (exact) mass is 261 g/mol. The van der Waals surface area contributed by atoms with Crippen LogP contribution in [0, 0.1) is 0 Å². The lowest BCUT2D eigenvalue weighted by Crippen LogP contribution is -2.38. The number of rotatable bonds is 3. The highest BCUT2D eigenvalue weighted by Gasteiger charge is 2.65. The fourth-order valence-electron chi connectivity index (χ4n) is 2.59. The van der Waals surface area contributed by atoms with E-state index in [0.717, 1.165) is 5.82 Å². The van der Waals surface area contributed by atoms with Crippen LogP contribution in [0.2, 0.25) is 0 Å². The van der Waals surface area contributed by atoms with Crippen LogP contribution in [0.15, 0.2) is 30.7 Å². The van der Waals surface area contributed by atoms with E-state index in [-0.39, 0.29) is 18.8 Å². The number of aromatic amines is 1. The average Bonchev–Trinajstić information content (AvgIpc) is 2.87. The van der Waals surface area contributed by atoms with Gasteiger partial charge in [0, 0.05) is 11.3 Å². The average molecular weight is 261 g/mol. The maximum Gasteiger partial charge on any atom is 0.278 e. The Morgan fingerprint density at radius 2 is 2.47 bits per heavy atom. The van der Waals surface area contributed by atoms with Gasteiger partial charge in [-0.1, -0.05) is 6.07 Å². The molecule has 0 aliphatic carbocycles. The molecule has 2 aliphatic rings. The summed E-state index contributed by atoms with van der Waals surface area (Å²) in [5, 5.41) is 16.1. The minimum Gasteiger partial charge on any atom is -0.394 e. The molecule has 4 rings (SSSR count). The lowest BCUT2D eigenvalue weighted by molar-refractivity contribution is -0.618. The summed E-state index contributed by atoms with van der Waals surface area (Å²) in [5.41, 5.74) is 0.702. The quantitative estimate of drug-likeness (QED) is 0.711. The highest BCUT2D eigenvalue weighted by Crippen LogP contribution is 2.46. The van der Waals surface area contributed by atoms with Crippen LogP contribution in [0.25, 0.3) is 0 Å². The summed E-state index contributed by atoms with van der Waals surface area (Å²) in [6.07, 6.45) is 3.07. The van der Waals surface area contributed by atoms with Gasteiger partial charge in [-0.05, 0) is 12.1 Å². The van der Waals surface area contributed by atoms with Crippen molar-refractivity contribution in [3.8, 4) is 0 Å². The smallest absolute Gasteiger partial charge is 0.278 e. The Kier molecular flexibility index (Phi) is 2.22. The van der Waals surface area contributed by atoms with E-state index in [1.165, 1.54) is 0 Å². The van der Waals surface area contributed by atoms with Gasteiger partial charge in [0.1, 0.15) is 11.8 Å². The first kappa shape index (κ1) is 11.0. The number of nitrogens with zero attached hydrogens (tertiary/aromatic N) is 3. The molecule has 1 saturated heterocycles. The topological polar surface area (TPSA) is 84.1 Å². The van der Waals surface area contributed by atoms with E-state index < -0.39 is 5.79 Å². The SMILES string of the molecule is OC[C@H]1CO[C@](c2ccccn2)(C2c3[nH]nc[n+]32)O1. The van der Waals surface area contributed by atoms with Crippen LogP contribution >= 0.6 is 0 Å². The van der Waals surface area contributed by atoms with Crippen molar-refractivity contribution in [2.24, 2.45) is 0 Å². The Morgan fingerprint density at radius 3 is 3.11 bits per heavy atom. The molecule has 98 valence electrons. The number of fused-ring (bicyclic) bond motifs is 1. The maximum atomic E-state index is 9.26. The molecule has 2 aromatic heterocycles. The molecule has 1 fully saturated rings. The predicted molar refractivity (Wildman–Crippen MR) is 60.7 cm³/mol. The Balaban J connectivity index is 1.75. The maximum absolute atomic E-state index is 9.26. The van der Waals surface area contributed by atoms with E-state index >= 15 is 0 Å². The van der Waals surface area contributed by atoms with Crippen molar-refractivity contribution in [2.75, 3.05) is 13.2 Å². The van der Waals surface area contributed by atoms with Gasteiger partial charge in [-0.2, -0.15) is 0 Å². The summed E-state index contributed by atoms with van der Waals surface area (Å²) in [5.74, 6) is -0.0343. The number of ether oxygens (including phenoxy) is 2. The molecular formula is C12H13N4O3+. The van der Waals surface area contributed by atoms with Crippen LogP contribution in [0.3, 0.4) is 0 Å². The van der Waals surface area contributed by atoms with E-state index in [9.17, 15) is 5.11 Å². The van der Waals surface area contributed by atoms with Gasteiger partial charge in [-0.3, -0.25) is 4.98 Å². The summed E-state index contributed by atoms with van der Waals surface area (Å²) in [4.78, 5) is 4.35. The van der Waals surface area contributed by atoms with Gasteiger partial charge >= 0.3 is 0 Å². The number of aliphatic hydroxyl groups excluding tert-OH is 1. The second-order valence-electron chi connectivity index (χ2n) is 4.67. The second-order valence-corrected chi connectivity index (χ2v) is 4.67. The molecule has 0 spiro atoms. The van der Waals surface area contributed by atoms with Crippen molar-refractivity contribution in [2.45, 2.75) is 17.9 Å². The normalized spacial score (nSPS) is 32.3. The molecule has 2 aromatic rings. The Bertz CT molecular complexity index is 584. The highest BCUT2D eigenvalue weighted by atomic mass is 16.8. The van der Waals surface area contributed by atoms with Crippen molar-refractivity contribution < 1.29 is 19.1 Å². The first-order valence-corrected chi connectivity index (χ1v) is 6.13. The number of pyridine rings is 1. The number of H-pyrrole nitrogens is 1. The van der Waals surface area contributed by atoms with Crippen LogP contribution in [0.4, 0.5) is 0 Å². The van der Waals surface area contributed by atoms with Gasteiger partial charge in [0.05, 0.1) is 13.2 Å². The Hall–Kier alpha value is -1.83. The molecule has 4 heterocycles. The molecule has 0 aromatic carbocycles. The molecule has 2 N–H and O–H groups in total. The van der Waals surface area contributed by atoms with Gasteiger partial charge in [-0.25, -0.2) is 4.57 Å². The number of hydrogen-bond donors (Lipinski definition) is 2. The first-order valence-electron chi connectivity index (χ1n) is 6.13. The molecule has 2 aliphatic heterocycles. The van der Waals surface area contributed by atoms with Crippen LogP contribution in [-0.2, 0) is 15.3 Å². The predicted octanol–water partition coefficient (Wildman–Crippen LogP) is -0.744. The second kappa shape index (κ2) is 3.83. The third-order valence-corrected chi connectivity index (χ3v) is 3.52. The molecule has 7 heteroatoms. The minimum atomic E-state index is -0.969. The Labute approximate surface area is 108 Å². The van der Waals surface area contributed by atoms with Crippen molar-refractivity contribution in [1.82, 2.24) is 15.2 Å². The van der Waals surface area contributed by atoms with Crippen LogP contribution in [0.1, 0.15) is 17.6 Å². The minimum absolute atomic E-state index is 0.0713. The van der Waals surface area contributed by atoms with E-state index in [1.807, 2.05) is 22.8 Å². The summed E-state index contributed by atoms with van der Waals surface area (Å²) in [6, 6.07) is 5.52. The van der Waals surface area contributed by atoms with E-state index in [2.05, 4.69) is 15.2 Å². The first-order chi connectivity index (χ1) is 9.35. The van der Waals surface area contributed by atoms with Crippen molar-refractivity contribution in [3.63, 3.8) is 0 Å². The molecular weight excluding hydrogens is 248 g/mol. The number of nitrogens with one attached hydrogen (secondary N) is 1. The zero-order chi connectivity index (χ0) is 12.9. The summed E-state index contributed by atoms with van der Waals surface area (Å²) in [6.45, 7) is 0.278. The van der Waals surface area contributed by atoms with Crippen molar-refractivity contribution in [3.05, 3.63) is 42.2 Å². The lowest BCUT2D eigenvalue weighted by atomic mass is 10.1. The van der Waals surface area contributed by atoms with Gasteiger partial charge < -0.3 is 14.6 Å². The number of aromatic nitrogens is 4. The van der Waals surface area contributed by atoms with E-state index in [0.29, 0.717) is 12.3 Å². The molecule has 0 amide bonds. The molecule has 7 nitrogen and oxygen atoms in total. The zero-order valence-electron chi connectivity index (χ0n) is 10.1. The highest BCUT2D eigenvalue weighted by molar-refractivity contribution is 5.18. The summed E-state index contributed by atoms with van der Waals surface area (Å²) >= 11 is 0. The third-order valence-electron chi connectivity index (χ3n) is 3.52. The molecule has 0 radical (unpaired) electrons. The summed E-state index contributed by atoms with van der Waals surface area (Å²) in [7, 11) is 0. The van der Waals surface area contributed by atoms with Gasteiger partial charge in [0.2, 0.25) is 6.04 Å². The fourth-order valence-corrected chi connectivity index (χ4v) is 2.59. The van der Waals surface area contributed by atoms with Gasteiger partial charge in [0.25, 0.3) is 17.9 Å². The third kappa shape index (κ3) is 1.46. The van der Waals surface area contributed by atoms with Crippen LogP contribution in [0.5, 0.6) is 0 Å². The zero-order valence-corrected chi connectivity index (χ0v) is 10.1. The van der Waals surface area contributed by atoms with Crippen LogP contribution < -0.4 is 4.57 Å². The summed E-state index contributed by atoms with van der Waals surface area (Å²) < 4.78 is 13.8. The number of aliphatic hydroxyl groups is 1. The number of hydrogen-bond acceptors (Lipinski definition) is 5. The molecule has 1 unspecified atom stereocenters. The van der Waals surface area contributed by atoms with Gasteiger partial charge in [-0.15, -0.1) is 5.10 Å². The van der Waals surface area contributed by atoms with E-state index in [4.69, 9.17) is 9.47 Å². The molecule has 0 saturated carbocycles. The lowest BCUT2D eigenvalue weighted by Gasteiger charge is -2.24. The molecule has 19 heavy (non-hydrogen) atoms. The van der Waals surface area contributed by atoms with Crippen LogP contribution in [-0.4, -0.2) is 39.6 Å². The van der Waals surface area contributed by atoms with Crippen molar-refractivity contribution >= 4 is 0 Å².